The van der Waals surface area contributed by atoms with Gasteiger partial charge in [0.25, 0.3) is 21.5 Å². The van der Waals surface area contributed by atoms with Crippen LogP contribution >= 0.6 is 0 Å². The number of pyridine rings is 2. The van der Waals surface area contributed by atoms with Gasteiger partial charge in [-0.15, -0.1) is 0 Å². The number of rotatable bonds is 12. The Hall–Kier alpha value is -6.34. The fourth-order valence-corrected chi connectivity index (χ4v) is 7.13. The van der Waals surface area contributed by atoms with E-state index < -0.39 is 73.6 Å². The number of carbonyl (C=O) groups is 3. The Morgan fingerprint density at radius 3 is 2.36 bits per heavy atom. The number of esters is 1. The first-order valence-corrected chi connectivity index (χ1v) is 19.9. The Morgan fingerprint density at radius 2 is 1.69 bits per heavy atom. The zero-order valence-corrected chi connectivity index (χ0v) is 33.3. The van der Waals surface area contributed by atoms with Crippen LogP contribution in [-0.4, -0.2) is 70.7 Å². The molecule has 3 N–H and O–H groups in total. The second-order valence-corrected chi connectivity index (χ2v) is 16.5. The Labute approximate surface area is 336 Å². The minimum atomic E-state index is -4.45. The summed E-state index contributed by atoms with van der Waals surface area (Å²) in [6.45, 7) is 5.83. The van der Waals surface area contributed by atoms with Crippen LogP contribution in [0.4, 0.5) is 20.2 Å². The van der Waals surface area contributed by atoms with E-state index in [-0.39, 0.29) is 34.8 Å². The molecule has 0 radical (unpaired) electrons. The van der Waals surface area contributed by atoms with Gasteiger partial charge in [0.05, 0.1) is 46.5 Å². The Balaban J connectivity index is 1.17. The lowest BCUT2D eigenvalue weighted by Gasteiger charge is -2.25. The number of ether oxygens (including phenoxy) is 2. The van der Waals surface area contributed by atoms with Gasteiger partial charge in [-0.1, -0.05) is 26.8 Å². The van der Waals surface area contributed by atoms with Crippen molar-refractivity contribution < 1.29 is 41.1 Å². The van der Waals surface area contributed by atoms with Crippen LogP contribution in [0.1, 0.15) is 56.0 Å². The molecule has 0 aliphatic carbocycles. The van der Waals surface area contributed by atoms with E-state index in [1.165, 1.54) is 66.6 Å². The van der Waals surface area contributed by atoms with Gasteiger partial charge in [-0.2, -0.15) is 0 Å². The van der Waals surface area contributed by atoms with Gasteiger partial charge in [0.15, 0.2) is 0 Å². The van der Waals surface area contributed by atoms with Crippen LogP contribution in [0.25, 0.3) is 16.7 Å². The number of amides is 2. The highest BCUT2D eigenvalue weighted by Gasteiger charge is 2.29. The maximum Gasteiger partial charge on any atom is 0.337 e. The van der Waals surface area contributed by atoms with Crippen molar-refractivity contribution >= 4 is 50.1 Å². The summed E-state index contributed by atoms with van der Waals surface area (Å²) in [5.74, 6) is -4.82. The molecule has 4 heterocycles. The third-order valence-corrected chi connectivity index (χ3v) is 10.9. The number of nitrogens with one attached hydrogen (secondary N) is 3. The average molecular weight is 834 g/mol. The van der Waals surface area contributed by atoms with Gasteiger partial charge >= 0.3 is 11.7 Å². The fourth-order valence-electron chi connectivity index (χ4n) is 6.07. The second kappa shape index (κ2) is 17.3. The highest BCUT2D eigenvalue weighted by molar-refractivity contribution is 7.92. The number of aromatic nitrogens is 4. The van der Waals surface area contributed by atoms with Gasteiger partial charge in [-0.25, -0.2) is 36.3 Å². The van der Waals surface area contributed by atoms with E-state index >= 15 is 8.78 Å². The molecule has 5 aromatic rings. The summed E-state index contributed by atoms with van der Waals surface area (Å²) in [6, 6.07) is 9.22. The quantitative estimate of drug-likeness (QED) is 0.153. The maximum atomic E-state index is 15.5. The number of benzene rings is 2. The molecule has 0 saturated carbocycles. The second-order valence-electron chi connectivity index (χ2n) is 14.9. The molecule has 0 bridgehead atoms. The molecular weight excluding hydrogens is 793 g/mol. The van der Waals surface area contributed by atoms with Crippen molar-refractivity contribution in [3.63, 3.8) is 0 Å². The number of carbonyl (C=O) groups excluding carboxylic acids is 3. The summed E-state index contributed by atoms with van der Waals surface area (Å²) in [6.07, 6.45) is 4.59. The lowest BCUT2D eigenvalue weighted by molar-refractivity contribution is -0.155. The van der Waals surface area contributed by atoms with E-state index in [0.717, 1.165) is 4.57 Å². The van der Waals surface area contributed by atoms with Crippen LogP contribution in [0.5, 0.6) is 0 Å². The minimum Gasteiger partial charge on any atom is -0.461 e. The van der Waals surface area contributed by atoms with Crippen molar-refractivity contribution in [3.05, 3.63) is 117 Å². The van der Waals surface area contributed by atoms with Crippen molar-refractivity contribution in [1.29, 1.82) is 0 Å². The summed E-state index contributed by atoms with van der Waals surface area (Å²) >= 11 is 0. The summed E-state index contributed by atoms with van der Waals surface area (Å²) in [5, 5.41) is 5.34. The maximum absolute atomic E-state index is 15.5. The average Bonchev–Trinajstić information content (AvgIpc) is 3.20. The summed E-state index contributed by atoms with van der Waals surface area (Å²) in [4.78, 5) is 73.4. The highest BCUT2D eigenvalue weighted by Crippen LogP contribution is 2.25. The first-order valence-electron chi connectivity index (χ1n) is 18.5. The molecule has 0 unspecified atom stereocenters. The van der Waals surface area contributed by atoms with Crippen molar-refractivity contribution in [3.8, 4) is 5.82 Å². The molecule has 2 amide bonds. The molecule has 59 heavy (non-hydrogen) atoms. The number of nitrogens with zero attached hydrogens (tertiary/aromatic N) is 4. The van der Waals surface area contributed by atoms with Crippen LogP contribution < -0.4 is 26.6 Å². The van der Waals surface area contributed by atoms with Gasteiger partial charge in [0.1, 0.15) is 29.6 Å². The summed E-state index contributed by atoms with van der Waals surface area (Å²) in [5.41, 5.74) is -2.31. The van der Waals surface area contributed by atoms with Gasteiger partial charge in [0.2, 0.25) is 5.91 Å². The van der Waals surface area contributed by atoms with E-state index in [4.69, 9.17) is 9.47 Å². The van der Waals surface area contributed by atoms with E-state index in [1.807, 2.05) is 4.72 Å². The van der Waals surface area contributed by atoms with Crippen molar-refractivity contribution in [1.82, 2.24) is 24.4 Å². The van der Waals surface area contributed by atoms with Crippen LogP contribution in [0.3, 0.4) is 0 Å². The molecule has 2 aromatic carbocycles. The SMILES string of the molecule is Cn1c(=O)n(-c2ccc(CC[C@H](NC(=O)c3cc(F)c(NS(=O)(=O)c4ccc(NC(=O)C(C)(C)C)cc4)cc3F)C(=O)OC3CCOCC3)cn2)c(=O)c2ccncc21. The first kappa shape index (κ1) is 42.3. The fraction of sp³-hybridized carbons (Fsp3) is 0.325. The normalized spacial score (nSPS) is 14.1. The molecule has 1 aliphatic rings. The third kappa shape index (κ3) is 9.69. The number of fused-ring (bicyclic) bond motifs is 1. The largest absolute Gasteiger partial charge is 0.461 e. The highest BCUT2D eigenvalue weighted by atomic mass is 32.2. The van der Waals surface area contributed by atoms with Crippen LogP contribution in [0.15, 0.2) is 87.7 Å². The molecule has 3 aromatic heterocycles. The molecule has 1 fully saturated rings. The predicted octanol–water partition coefficient (Wildman–Crippen LogP) is 4.00. The van der Waals surface area contributed by atoms with Crippen molar-refractivity contribution in [2.75, 3.05) is 23.3 Å². The standard InChI is InChI=1S/C40H41F2N7O9S/c1-40(2,3)38(53)45-24-7-9-26(10-8-24)59(55,56)47-32-20-29(41)28(19-30(32)42)35(50)46-31(37(52)58-25-14-17-57-18-15-25)11-5-23-6-12-34(44-21-23)49-36(51)27-13-16-43-22-33(27)48(4)39(49)54/h6-10,12-13,16,19-22,25,31,47H,5,11,14-15,17-18H2,1-4H3,(H,45,53)(H,46,50)/t31-/m0/s1. The number of aryl methyl sites for hydroxylation is 2. The number of halogens is 2. The van der Waals surface area contributed by atoms with Crippen LogP contribution in [-0.2, 0) is 42.6 Å². The van der Waals surface area contributed by atoms with Crippen LogP contribution in [0, 0.1) is 17.0 Å². The Morgan fingerprint density at radius 1 is 0.983 bits per heavy atom. The molecule has 1 aliphatic heterocycles. The summed E-state index contributed by atoms with van der Waals surface area (Å²) < 4.78 is 72.1. The predicted molar refractivity (Wildman–Crippen MR) is 212 cm³/mol. The van der Waals surface area contributed by atoms with E-state index in [2.05, 4.69) is 20.6 Å². The van der Waals surface area contributed by atoms with E-state index in [1.54, 1.807) is 26.8 Å². The molecular formula is C40H41F2N7O9S. The molecule has 0 spiro atoms. The smallest absolute Gasteiger partial charge is 0.337 e. The number of sulfonamides is 1. The topological polar surface area (TPSA) is 210 Å². The number of anilines is 2. The van der Waals surface area contributed by atoms with Crippen molar-refractivity contribution in [2.45, 2.75) is 63.5 Å². The zero-order chi connectivity index (χ0) is 42.6. The van der Waals surface area contributed by atoms with Gasteiger partial charge in [-0.3, -0.25) is 28.7 Å². The lowest BCUT2D eigenvalue weighted by Crippen LogP contribution is -2.44. The van der Waals surface area contributed by atoms with Crippen molar-refractivity contribution in [2.24, 2.45) is 12.5 Å². The molecule has 1 saturated heterocycles. The number of hydrogen-bond acceptors (Lipinski definition) is 11. The molecule has 19 heteroatoms. The van der Waals surface area contributed by atoms with E-state index in [0.29, 0.717) is 55.0 Å². The molecule has 310 valence electrons. The van der Waals surface area contributed by atoms with E-state index in [9.17, 15) is 32.4 Å². The summed E-state index contributed by atoms with van der Waals surface area (Å²) in [7, 11) is -2.95. The van der Waals surface area contributed by atoms with Gasteiger partial charge in [-0.05, 0) is 60.9 Å². The Kier molecular flexibility index (Phi) is 12.4. The van der Waals surface area contributed by atoms with Gasteiger partial charge < -0.3 is 20.1 Å². The first-order chi connectivity index (χ1) is 27.9. The zero-order valence-electron chi connectivity index (χ0n) is 32.5. The van der Waals surface area contributed by atoms with Gasteiger partial charge in [0, 0.05) is 49.5 Å². The third-order valence-electron chi connectivity index (χ3n) is 9.52. The monoisotopic (exact) mass is 833 g/mol. The van der Waals surface area contributed by atoms with Crippen LogP contribution in [0.2, 0.25) is 0 Å². The molecule has 16 nitrogen and oxygen atoms in total. The Bertz CT molecular complexity index is 2640. The number of hydrogen-bond donors (Lipinski definition) is 3. The lowest BCUT2D eigenvalue weighted by atomic mass is 9.95. The minimum absolute atomic E-state index is 0.0459. The molecule has 6 rings (SSSR count). The molecule has 1 atom stereocenters.